The largest absolute Gasteiger partial charge is 0.870 e. The van der Waals surface area contributed by atoms with Crippen LogP contribution in [0.1, 0.15) is 122 Å². The maximum absolute atomic E-state index is 2.43. The zero-order valence-electron chi connectivity index (χ0n) is 19.5. The Balaban J connectivity index is 0. The third-order valence-corrected chi connectivity index (χ3v) is 5.34. The molecular weight excluding hydrogens is 330 g/mol. The van der Waals surface area contributed by atoms with Gasteiger partial charge < -0.3 is 9.96 Å². The molecular formula is C25H53NO. The van der Waals surface area contributed by atoms with Crippen molar-refractivity contribution in [3.05, 3.63) is 12.2 Å². The Labute approximate surface area is 172 Å². The van der Waals surface area contributed by atoms with Gasteiger partial charge in [0.15, 0.2) is 0 Å². The first kappa shape index (κ1) is 28.9. The Hall–Kier alpha value is -0.340. The fourth-order valence-electron chi connectivity index (χ4n) is 3.54. The molecule has 0 saturated carbocycles. The lowest BCUT2D eigenvalue weighted by Crippen LogP contribution is -2.35. The monoisotopic (exact) mass is 383 g/mol. The number of hydrogen-bond donors (Lipinski definition) is 0. The van der Waals surface area contributed by atoms with Gasteiger partial charge in [0.05, 0.1) is 27.7 Å². The van der Waals surface area contributed by atoms with E-state index in [4.69, 9.17) is 0 Å². The second-order valence-corrected chi connectivity index (χ2v) is 9.37. The molecule has 0 aromatic rings. The molecule has 27 heavy (non-hydrogen) atoms. The Bertz CT molecular complexity index is 293. The average molecular weight is 384 g/mol. The van der Waals surface area contributed by atoms with Gasteiger partial charge in [-0.05, 0) is 38.5 Å². The van der Waals surface area contributed by atoms with Crippen molar-refractivity contribution in [2.75, 3.05) is 27.7 Å². The first-order chi connectivity index (χ1) is 12.6. The van der Waals surface area contributed by atoms with E-state index in [1.54, 1.807) is 0 Å². The number of nitrogens with zero attached hydrogens (tertiary/aromatic N) is 1. The van der Waals surface area contributed by atoms with Crippen LogP contribution < -0.4 is 0 Å². The van der Waals surface area contributed by atoms with E-state index in [1.165, 1.54) is 122 Å². The van der Waals surface area contributed by atoms with Gasteiger partial charge in [-0.1, -0.05) is 96.1 Å². The molecule has 0 rings (SSSR count). The summed E-state index contributed by atoms with van der Waals surface area (Å²) in [5.41, 5.74) is 0. The zero-order valence-corrected chi connectivity index (χ0v) is 19.5. The molecule has 0 aliphatic heterocycles. The average Bonchev–Trinajstić information content (AvgIpc) is 2.59. The SMILES string of the molecule is CCCCCCCCC=CCCCCCCCCCCCC[N+](C)(C)C.[OH-]. The van der Waals surface area contributed by atoms with E-state index in [1.807, 2.05) is 0 Å². The smallest absolute Gasteiger partial charge is 0.0780 e. The topological polar surface area (TPSA) is 30.0 Å². The van der Waals surface area contributed by atoms with Crippen molar-refractivity contribution in [1.29, 1.82) is 0 Å². The summed E-state index contributed by atoms with van der Waals surface area (Å²) in [4.78, 5) is 0. The lowest BCUT2D eigenvalue weighted by atomic mass is 10.1. The molecule has 0 aliphatic carbocycles. The molecule has 1 N–H and O–H groups in total. The number of quaternary nitrogens is 1. The number of unbranched alkanes of at least 4 members (excludes halogenated alkanes) is 16. The third-order valence-electron chi connectivity index (χ3n) is 5.34. The molecule has 0 saturated heterocycles. The molecule has 0 unspecified atom stereocenters. The predicted molar refractivity (Wildman–Crippen MR) is 123 cm³/mol. The van der Waals surface area contributed by atoms with Crippen LogP contribution in [0.4, 0.5) is 0 Å². The van der Waals surface area contributed by atoms with Gasteiger partial charge in [-0.25, -0.2) is 0 Å². The Morgan fingerprint density at radius 2 is 0.815 bits per heavy atom. The van der Waals surface area contributed by atoms with E-state index in [2.05, 4.69) is 40.2 Å². The van der Waals surface area contributed by atoms with Gasteiger partial charge in [0.25, 0.3) is 0 Å². The van der Waals surface area contributed by atoms with Crippen LogP contribution in [0.25, 0.3) is 0 Å². The van der Waals surface area contributed by atoms with Crippen LogP contribution in [0.3, 0.4) is 0 Å². The predicted octanol–water partition coefficient (Wildman–Crippen LogP) is 8.11. The molecule has 0 radical (unpaired) electrons. The lowest BCUT2D eigenvalue weighted by Gasteiger charge is -2.23. The number of hydrogen-bond acceptors (Lipinski definition) is 1. The van der Waals surface area contributed by atoms with Gasteiger partial charge in [-0.3, -0.25) is 0 Å². The molecule has 2 nitrogen and oxygen atoms in total. The van der Waals surface area contributed by atoms with Crippen molar-refractivity contribution in [2.45, 2.75) is 122 Å². The fourth-order valence-corrected chi connectivity index (χ4v) is 3.54. The van der Waals surface area contributed by atoms with Crippen molar-refractivity contribution < 1.29 is 9.96 Å². The lowest BCUT2D eigenvalue weighted by molar-refractivity contribution is -0.870. The first-order valence-electron chi connectivity index (χ1n) is 12.0. The maximum Gasteiger partial charge on any atom is 0.0780 e. The minimum Gasteiger partial charge on any atom is -0.870 e. The van der Waals surface area contributed by atoms with Crippen molar-refractivity contribution in [3.63, 3.8) is 0 Å². The van der Waals surface area contributed by atoms with Crippen LogP contribution in [0.2, 0.25) is 0 Å². The molecule has 0 atom stereocenters. The summed E-state index contributed by atoms with van der Waals surface area (Å²) < 4.78 is 1.12. The van der Waals surface area contributed by atoms with Crippen LogP contribution in [0.5, 0.6) is 0 Å². The second-order valence-electron chi connectivity index (χ2n) is 9.37. The van der Waals surface area contributed by atoms with Crippen molar-refractivity contribution >= 4 is 0 Å². The molecule has 0 amide bonds. The van der Waals surface area contributed by atoms with Gasteiger partial charge in [0, 0.05) is 0 Å². The van der Waals surface area contributed by atoms with Crippen molar-refractivity contribution in [2.24, 2.45) is 0 Å². The highest BCUT2D eigenvalue weighted by molar-refractivity contribution is 4.81. The quantitative estimate of drug-likeness (QED) is 0.119. The summed E-state index contributed by atoms with van der Waals surface area (Å²) in [5, 5.41) is 0. The van der Waals surface area contributed by atoms with E-state index >= 15 is 0 Å². The fraction of sp³-hybridized carbons (Fsp3) is 0.920. The Morgan fingerprint density at radius 1 is 0.481 bits per heavy atom. The van der Waals surface area contributed by atoms with Crippen LogP contribution in [-0.2, 0) is 0 Å². The van der Waals surface area contributed by atoms with E-state index in [9.17, 15) is 0 Å². The maximum atomic E-state index is 2.43. The van der Waals surface area contributed by atoms with Gasteiger partial charge in [-0.2, -0.15) is 0 Å². The summed E-state index contributed by atoms with van der Waals surface area (Å²) in [6, 6.07) is 0. The van der Waals surface area contributed by atoms with Crippen LogP contribution in [-0.4, -0.2) is 37.6 Å². The van der Waals surface area contributed by atoms with Gasteiger partial charge >= 0.3 is 0 Å². The normalized spacial score (nSPS) is 11.9. The molecule has 164 valence electrons. The van der Waals surface area contributed by atoms with Gasteiger partial charge in [0.1, 0.15) is 0 Å². The molecule has 0 aromatic carbocycles. The summed E-state index contributed by atoms with van der Waals surface area (Å²) in [5.74, 6) is 0. The minimum absolute atomic E-state index is 0. The van der Waals surface area contributed by atoms with Crippen LogP contribution in [0, 0.1) is 0 Å². The number of rotatable bonds is 20. The van der Waals surface area contributed by atoms with Gasteiger partial charge in [-0.15, -0.1) is 0 Å². The van der Waals surface area contributed by atoms with E-state index in [0.717, 1.165) is 4.48 Å². The molecule has 0 fully saturated rings. The molecule has 0 aliphatic rings. The number of allylic oxidation sites excluding steroid dienone is 2. The molecule has 0 bridgehead atoms. The first-order valence-corrected chi connectivity index (χ1v) is 12.0. The molecule has 2 heteroatoms. The van der Waals surface area contributed by atoms with Crippen molar-refractivity contribution in [1.82, 2.24) is 0 Å². The van der Waals surface area contributed by atoms with E-state index < -0.39 is 0 Å². The van der Waals surface area contributed by atoms with Gasteiger partial charge in [0.2, 0.25) is 0 Å². The summed E-state index contributed by atoms with van der Waals surface area (Å²) >= 11 is 0. The van der Waals surface area contributed by atoms with E-state index in [-0.39, 0.29) is 5.48 Å². The zero-order chi connectivity index (χ0) is 19.3. The highest BCUT2D eigenvalue weighted by atomic mass is 16.0. The van der Waals surface area contributed by atoms with Crippen LogP contribution >= 0.6 is 0 Å². The molecule has 0 aromatic heterocycles. The third kappa shape index (κ3) is 28.0. The van der Waals surface area contributed by atoms with E-state index in [0.29, 0.717) is 0 Å². The summed E-state index contributed by atoms with van der Waals surface area (Å²) in [7, 11) is 6.89. The van der Waals surface area contributed by atoms with Crippen LogP contribution in [0.15, 0.2) is 12.2 Å². The minimum atomic E-state index is 0. The molecule has 0 spiro atoms. The Kier molecular flexibility index (Phi) is 23.5. The standard InChI is InChI=1S/C25H52N.H2O/c1-5-6-7-8-9-10-11-12-13-14-15-16-17-18-19-20-21-22-23-24-25-26(2,3)4;/h12-13H,5-11,14-25H2,1-4H3;1H2/q+1;/p-1. The highest BCUT2D eigenvalue weighted by Gasteiger charge is 2.04. The highest BCUT2D eigenvalue weighted by Crippen LogP contribution is 2.12. The second kappa shape index (κ2) is 22.0. The van der Waals surface area contributed by atoms with Crippen molar-refractivity contribution in [3.8, 4) is 0 Å². The summed E-state index contributed by atoms with van der Waals surface area (Å²) in [6.07, 6.45) is 30.4. The Morgan fingerprint density at radius 3 is 1.19 bits per heavy atom. The summed E-state index contributed by atoms with van der Waals surface area (Å²) in [6.45, 7) is 3.62. The molecule has 0 heterocycles.